The molecular formula is C30H32N8. The third kappa shape index (κ3) is 4.93. The van der Waals surface area contributed by atoms with E-state index < -0.39 is 0 Å². The van der Waals surface area contributed by atoms with Crippen LogP contribution in [0.15, 0.2) is 85.9 Å². The largest absolute Gasteiger partial charge is 0.359 e. The van der Waals surface area contributed by atoms with Crippen molar-refractivity contribution in [2.24, 2.45) is 0 Å². The Bertz CT molecular complexity index is 1690. The predicted molar refractivity (Wildman–Crippen MR) is 155 cm³/mol. The Morgan fingerprint density at radius 3 is 2.79 bits per heavy atom. The lowest BCUT2D eigenvalue weighted by Gasteiger charge is -2.11. The summed E-state index contributed by atoms with van der Waals surface area (Å²) < 4.78 is 1.94. The minimum atomic E-state index is 0.653. The average Bonchev–Trinajstić information content (AvgIpc) is 3.66. The molecule has 5 heterocycles. The fourth-order valence-electron chi connectivity index (χ4n) is 4.48. The SMILES string of the molecule is C=C/C(=C\C(=C/C)c1cnc2n[nH]c(-c3cc4c(-n5cnc(C)c5)nccc4[nH]3)c2c1)NC(=C)CCCC. The average molecular weight is 505 g/mol. The number of aromatic amines is 2. The number of nitrogens with zero attached hydrogens (tertiary/aromatic N) is 5. The topological polar surface area (TPSA) is 100 Å². The van der Waals surface area contributed by atoms with Crippen molar-refractivity contribution in [3.05, 3.63) is 97.2 Å². The first-order chi connectivity index (χ1) is 18.5. The molecular weight excluding hydrogens is 472 g/mol. The summed E-state index contributed by atoms with van der Waals surface area (Å²) in [6.45, 7) is 14.3. The maximum atomic E-state index is 4.64. The Morgan fingerprint density at radius 1 is 1.18 bits per heavy atom. The van der Waals surface area contributed by atoms with Gasteiger partial charge in [-0.15, -0.1) is 0 Å². The summed E-state index contributed by atoms with van der Waals surface area (Å²) in [6, 6.07) is 6.17. The van der Waals surface area contributed by atoms with Crippen LogP contribution in [0.25, 0.3) is 44.7 Å². The van der Waals surface area contributed by atoms with Gasteiger partial charge in [0.1, 0.15) is 12.1 Å². The van der Waals surface area contributed by atoms with Gasteiger partial charge in [0.2, 0.25) is 0 Å². The van der Waals surface area contributed by atoms with Crippen molar-refractivity contribution >= 4 is 27.5 Å². The highest BCUT2D eigenvalue weighted by Gasteiger charge is 2.15. The number of aryl methyl sites for hydroxylation is 1. The van der Waals surface area contributed by atoms with Crippen molar-refractivity contribution in [1.29, 1.82) is 0 Å². The number of aromatic nitrogens is 7. The number of hydrogen-bond acceptors (Lipinski definition) is 5. The molecule has 0 spiro atoms. The van der Waals surface area contributed by atoms with Crippen LogP contribution >= 0.6 is 0 Å². The van der Waals surface area contributed by atoms with E-state index in [4.69, 9.17) is 0 Å². The summed E-state index contributed by atoms with van der Waals surface area (Å²) in [5, 5.41) is 12.9. The molecule has 0 saturated heterocycles. The first-order valence-electron chi connectivity index (χ1n) is 12.8. The monoisotopic (exact) mass is 504 g/mol. The number of unbranched alkanes of at least 4 members (excludes halogenated alkanes) is 1. The molecule has 0 aliphatic heterocycles. The van der Waals surface area contributed by atoms with Gasteiger partial charge in [0, 0.05) is 46.3 Å². The quantitative estimate of drug-likeness (QED) is 0.182. The highest BCUT2D eigenvalue weighted by atomic mass is 15.2. The van der Waals surface area contributed by atoms with Crippen molar-refractivity contribution in [2.75, 3.05) is 0 Å². The van der Waals surface area contributed by atoms with E-state index in [1.807, 2.05) is 43.0 Å². The number of H-pyrrole nitrogens is 2. The number of fused-ring (bicyclic) bond motifs is 2. The summed E-state index contributed by atoms with van der Waals surface area (Å²) in [5.41, 5.74) is 8.23. The zero-order chi connectivity index (χ0) is 26.6. The molecule has 0 aromatic carbocycles. The lowest BCUT2D eigenvalue weighted by atomic mass is 10.0. The van der Waals surface area contributed by atoms with Crippen LogP contribution in [0.4, 0.5) is 0 Å². The minimum Gasteiger partial charge on any atom is -0.359 e. The van der Waals surface area contributed by atoms with E-state index in [2.05, 4.69) is 79.8 Å². The fraction of sp³-hybridized carbons (Fsp3) is 0.200. The Labute approximate surface area is 221 Å². The first-order valence-corrected chi connectivity index (χ1v) is 12.8. The first kappa shape index (κ1) is 25.0. The Morgan fingerprint density at radius 2 is 2.05 bits per heavy atom. The van der Waals surface area contributed by atoms with Gasteiger partial charge in [-0.2, -0.15) is 5.10 Å². The third-order valence-electron chi connectivity index (χ3n) is 6.49. The van der Waals surface area contributed by atoms with Crippen LogP contribution in [-0.2, 0) is 0 Å². The molecule has 3 N–H and O–H groups in total. The standard InChI is InChI=1S/C30H32N8/c1-6-9-10-19(4)34-23(8-3)13-21(7-2)22-14-25-28(36-37-29(25)32-16-22)27-15-24-26(35-27)11-12-31-30(24)38-17-20(5)33-18-38/h7-8,11-18,34-35H,3-4,6,9-10H2,1-2,5H3,(H,32,36,37)/b21-7+,23-13+. The molecule has 0 atom stereocenters. The molecule has 0 amide bonds. The molecule has 5 rings (SSSR count). The number of pyridine rings is 2. The molecule has 5 aromatic rings. The number of rotatable bonds is 10. The van der Waals surface area contributed by atoms with E-state index >= 15 is 0 Å². The summed E-state index contributed by atoms with van der Waals surface area (Å²) in [6.07, 6.45) is 16.5. The maximum Gasteiger partial charge on any atom is 0.181 e. The molecule has 0 aliphatic rings. The van der Waals surface area contributed by atoms with Crippen molar-refractivity contribution < 1.29 is 0 Å². The summed E-state index contributed by atoms with van der Waals surface area (Å²) in [4.78, 5) is 17.1. The van der Waals surface area contributed by atoms with Crippen LogP contribution in [0.2, 0.25) is 0 Å². The number of imidazole rings is 1. The van der Waals surface area contributed by atoms with Gasteiger partial charge in [-0.05, 0) is 62.6 Å². The van der Waals surface area contributed by atoms with E-state index in [0.717, 1.165) is 81.0 Å². The zero-order valence-corrected chi connectivity index (χ0v) is 22.0. The van der Waals surface area contributed by atoms with E-state index in [0.29, 0.717) is 5.65 Å². The smallest absolute Gasteiger partial charge is 0.181 e. The summed E-state index contributed by atoms with van der Waals surface area (Å²) >= 11 is 0. The summed E-state index contributed by atoms with van der Waals surface area (Å²) in [7, 11) is 0. The van der Waals surface area contributed by atoms with Gasteiger partial charge in [-0.3, -0.25) is 9.67 Å². The highest BCUT2D eigenvalue weighted by molar-refractivity contribution is 5.97. The number of hydrogen-bond donors (Lipinski definition) is 3. The van der Waals surface area contributed by atoms with Gasteiger partial charge >= 0.3 is 0 Å². The lowest BCUT2D eigenvalue weighted by Crippen LogP contribution is -2.10. The molecule has 0 radical (unpaired) electrons. The molecule has 8 nitrogen and oxygen atoms in total. The minimum absolute atomic E-state index is 0.653. The van der Waals surface area contributed by atoms with Crippen molar-refractivity contribution in [2.45, 2.75) is 40.0 Å². The van der Waals surface area contributed by atoms with Gasteiger partial charge < -0.3 is 10.3 Å². The van der Waals surface area contributed by atoms with Crippen LogP contribution in [0.3, 0.4) is 0 Å². The molecule has 38 heavy (non-hydrogen) atoms. The molecule has 192 valence electrons. The normalized spacial score (nSPS) is 12.4. The Kier molecular flexibility index (Phi) is 7.04. The zero-order valence-electron chi connectivity index (χ0n) is 22.0. The van der Waals surface area contributed by atoms with Crippen LogP contribution < -0.4 is 5.32 Å². The Balaban J connectivity index is 1.51. The molecule has 0 saturated carbocycles. The van der Waals surface area contributed by atoms with Crippen LogP contribution in [-0.4, -0.2) is 34.7 Å². The number of allylic oxidation sites excluding steroid dienone is 5. The van der Waals surface area contributed by atoms with E-state index in [1.165, 1.54) is 0 Å². The van der Waals surface area contributed by atoms with E-state index in [9.17, 15) is 0 Å². The number of nitrogens with one attached hydrogen (secondary N) is 3. The fourth-order valence-corrected chi connectivity index (χ4v) is 4.48. The summed E-state index contributed by atoms with van der Waals surface area (Å²) in [5.74, 6) is 0.819. The van der Waals surface area contributed by atoms with Crippen molar-refractivity contribution in [1.82, 2.24) is 40.0 Å². The lowest BCUT2D eigenvalue weighted by molar-refractivity contribution is 0.751. The third-order valence-corrected chi connectivity index (χ3v) is 6.49. The maximum absolute atomic E-state index is 4.64. The van der Waals surface area contributed by atoms with Crippen LogP contribution in [0.5, 0.6) is 0 Å². The second-order valence-electron chi connectivity index (χ2n) is 9.27. The predicted octanol–water partition coefficient (Wildman–Crippen LogP) is 6.76. The van der Waals surface area contributed by atoms with Gasteiger partial charge in [0.15, 0.2) is 5.65 Å². The van der Waals surface area contributed by atoms with Crippen molar-refractivity contribution in [3.8, 4) is 17.2 Å². The highest BCUT2D eigenvalue weighted by Crippen LogP contribution is 2.31. The Hall–Kier alpha value is -4.72. The van der Waals surface area contributed by atoms with E-state index in [-0.39, 0.29) is 0 Å². The van der Waals surface area contributed by atoms with Gasteiger partial charge in [0.25, 0.3) is 0 Å². The van der Waals surface area contributed by atoms with Crippen LogP contribution in [0, 0.1) is 6.92 Å². The van der Waals surface area contributed by atoms with Crippen molar-refractivity contribution in [3.63, 3.8) is 0 Å². The van der Waals surface area contributed by atoms with Gasteiger partial charge in [-0.25, -0.2) is 15.0 Å². The molecule has 0 unspecified atom stereocenters. The molecule has 0 fully saturated rings. The molecule has 5 aromatic heterocycles. The second kappa shape index (κ2) is 10.7. The van der Waals surface area contributed by atoms with Gasteiger partial charge in [0.05, 0.1) is 22.6 Å². The van der Waals surface area contributed by atoms with E-state index in [1.54, 1.807) is 12.5 Å². The van der Waals surface area contributed by atoms with Crippen LogP contribution in [0.1, 0.15) is 44.4 Å². The van der Waals surface area contributed by atoms with Gasteiger partial charge in [-0.1, -0.05) is 32.6 Å². The molecule has 0 bridgehead atoms. The molecule has 8 heteroatoms. The molecule has 0 aliphatic carbocycles. The second-order valence-corrected chi connectivity index (χ2v) is 9.27.